The van der Waals surface area contributed by atoms with E-state index in [4.69, 9.17) is 19.2 Å². The summed E-state index contributed by atoms with van der Waals surface area (Å²) in [5, 5.41) is 3.44. The van der Waals surface area contributed by atoms with E-state index in [1.54, 1.807) is 7.11 Å². The SMILES string of the molecule is CO[C@H]1CN(c2cccc(-c3cccc(C)c3OCc3cc(C)c4c(c3)CNC4)n2)CC[C@H]1C(=O)OC(C)(C)C. The van der Waals surface area contributed by atoms with Crippen LogP contribution in [0.25, 0.3) is 11.3 Å². The van der Waals surface area contributed by atoms with Crippen LogP contribution >= 0.6 is 0 Å². The number of rotatable bonds is 7. The zero-order valence-corrected chi connectivity index (χ0v) is 24.5. The number of para-hydroxylation sites is 1. The maximum Gasteiger partial charge on any atom is 0.312 e. The molecule has 3 aromatic rings. The highest BCUT2D eigenvalue weighted by Crippen LogP contribution is 2.35. The number of benzene rings is 2. The van der Waals surface area contributed by atoms with Gasteiger partial charge in [-0.15, -0.1) is 0 Å². The Morgan fingerprint density at radius 2 is 1.88 bits per heavy atom. The molecule has 0 aliphatic carbocycles. The van der Waals surface area contributed by atoms with E-state index >= 15 is 0 Å². The molecule has 1 fully saturated rings. The van der Waals surface area contributed by atoms with Gasteiger partial charge in [-0.2, -0.15) is 0 Å². The fourth-order valence-corrected chi connectivity index (χ4v) is 5.75. The normalized spacial score (nSPS) is 18.9. The Balaban J connectivity index is 1.34. The van der Waals surface area contributed by atoms with Gasteiger partial charge in [-0.25, -0.2) is 4.98 Å². The molecule has 5 rings (SSSR count). The van der Waals surface area contributed by atoms with Gasteiger partial charge in [0.1, 0.15) is 23.8 Å². The van der Waals surface area contributed by atoms with Crippen LogP contribution in [0.3, 0.4) is 0 Å². The van der Waals surface area contributed by atoms with Gasteiger partial charge < -0.3 is 24.4 Å². The molecule has 0 bridgehead atoms. The zero-order valence-electron chi connectivity index (χ0n) is 24.5. The van der Waals surface area contributed by atoms with Gasteiger partial charge in [0.15, 0.2) is 0 Å². The van der Waals surface area contributed by atoms with Crippen molar-refractivity contribution < 1.29 is 19.0 Å². The van der Waals surface area contributed by atoms with Gasteiger partial charge in [-0.3, -0.25) is 4.79 Å². The van der Waals surface area contributed by atoms with Crippen molar-refractivity contribution in [2.24, 2.45) is 5.92 Å². The van der Waals surface area contributed by atoms with Crippen LogP contribution in [0.15, 0.2) is 48.5 Å². The lowest BCUT2D eigenvalue weighted by Crippen LogP contribution is -2.49. The van der Waals surface area contributed by atoms with E-state index in [1.165, 1.54) is 22.3 Å². The van der Waals surface area contributed by atoms with Crippen molar-refractivity contribution in [3.8, 4) is 17.0 Å². The van der Waals surface area contributed by atoms with E-state index in [0.717, 1.165) is 41.5 Å². The minimum absolute atomic E-state index is 0.197. The first-order valence-electron chi connectivity index (χ1n) is 14.2. The van der Waals surface area contributed by atoms with Crippen molar-refractivity contribution in [2.45, 2.75) is 72.4 Å². The first-order chi connectivity index (χ1) is 19.1. The third kappa shape index (κ3) is 6.16. The van der Waals surface area contributed by atoms with Crippen LogP contribution in [0, 0.1) is 19.8 Å². The lowest BCUT2D eigenvalue weighted by molar-refractivity contribution is -0.165. The molecule has 1 saturated heterocycles. The molecule has 0 unspecified atom stereocenters. The van der Waals surface area contributed by atoms with Gasteiger partial charge in [0.05, 0.1) is 17.7 Å². The monoisotopic (exact) mass is 543 g/mol. The summed E-state index contributed by atoms with van der Waals surface area (Å²) >= 11 is 0. The van der Waals surface area contributed by atoms with Gasteiger partial charge in [0.25, 0.3) is 0 Å². The molecule has 40 heavy (non-hydrogen) atoms. The van der Waals surface area contributed by atoms with Crippen molar-refractivity contribution in [1.29, 1.82) is 0 Å². The number of esters is 1. The summed E-state index contributed by atoms with van der Waals surface area (Å²) in [4.78, 5) is 20.1. The summed E-state index contributed by atoms with van der Waals surface area (Å²) < 4.78 is 17.9. The summed E-state index contributed by atoms with van der Waals surface area (Å²) in [6, 6.07) is 16.7. The number of nitrogens with one attached hydrogen (secondary N) is 1. The predicted octanol–water partition coefficient (Wildman–Crippen LogP) is 5.73. The van der Waals surface area contributed by atoms with Crippen molar-refractivity contribution >= 4 is 11.8 Å². The molecule has 2 aromatic carbocycles. The Morgan fingerprint density at radius 3 is 2.65 bits per heavy atom. The maximum atomic E-state index is 12.8. The summed E-state index contributed by atoms with van der Waals surface area (Å²) in [7, 11) is 1.66. The molecule has 2 aliphatic heterocycles. The number of carbonyl (C=O) groups is 1. The number of aromatic nitrogens is 1. The highest BCUT2D eigenvalue weighted by atomic mass is 16.6. The van der Waals surface area contributed by atoms with Crippen LogP contribution in [-0.4, -0.2) is 42.9 Å². The van der Waals surface area contributed by atoms with E-state index < -0.39 is 5.60 Å². The van der Waals surface area contributed by atoms with Crippen LogP contribution in [0.1, 0.15) is 55.0 Å². The summed E-state index contributed by atoms with van der Waals surface area (Å²) in [6.45, 7) is 13.6. The number of aryl methyl sites for hydroxylation is 2. The lowest BCUT2D eigenvalue weighted by Gasteiger charge is -2.38. The number of hydrogen-bond acceptors (Lipinski definition) is 7. The van der Waals surface area contributed by atoms with Gasteiger partial charge in [0.2, 0.25) is 0 Å². The van der Waals surface area contributed by atoms with Crippen molar-refractivity contribution in [1.82, 2.24) is 10.3 Å². The quantitative estimate of drug-likeness (QED) is 0.382. The molecule has 7 heteroatoms. The van der Waals surface area contributed by atoms with Gasteiger partial charge in [0, 0.05) is 38.9 Å². The molecule has 1 N–H and O–H groups in total. The Labute approximate surface area is 237 Å². The fourth-order valence-electron chi connectivity index (χ4n) is 5.75. The van der Waals surface area contributed by atoms with Crippen LogP contribution in [0.4, 0.5) is 5.82 Å². The second kappa shape index (κ2) is 11.6. The zero-order chi connectivity index (χ0) is 28.4. The topological polar surface area (TPSA) is 72.9 Å². The average Bonchev–Trinajstić information content (AvgIpc) is 3.40. The van der Waals surface area contributed by atoms with Crippen LogP contribution in [0.5, 0.6) is 5.75 Å². The number of anilines is 1. The highest BCUT2D eigenvalue weighted by Gasteiger charge is 2.37. The highest BCUT2D eigenvalue weighted by molar-refractivity contribution is 5.74. The molecule has 0 saturated carbocycles. The van der Waals surface area contributed by atoms with Gasteiger partial charge in [-0.1, -0.05) is 30.3 Å². The van der Waals surface area contributed by atoms with E-state index in [-0.39, 0.29) is 18.0 Å². The molecule has 0 spiro atoms. The second-order valence-corrected chi connectivity index (χ2v) is 11.9. The Bertz CT molecular complexity index is 1380. The Hall–Kier alpha value is -3.42. The number of piperidine rings is 1. The van der Waals surface area contributed by atoms with Crippen LogP contribution in [-0.2, 0) is 34.0 Å². The average molecular weight is 544 g/mol. The lowest BCUT2D eigenvalue weighted by atomic mass is 9.93. The molecular weight excluding hydrogens is 502 g/mol. The number of fused-ring (bicyclic) bond motifs is 1. The van der Waals surface area contributed by atoms with E-state index in [1.807, 2.05) is 45.0 Å². The maximum absolute atomic E-state index is 12.8. The standard InChI is InChI=1S/C33H41N3O4/c1-21-9-7-10-25(31(21)39-20-23-15-22(2)27-18-34-17-24(27)16-23)28-11-8-12-30(35-28)36-14-13-26(29(19-36)38-6)32(37)40-33(3,4)5/h7-12,15-16,26,29,34H,13-14,17-20H2,1-6H3/t26-,29+/m1/s1. The minimum atomic E-state index is -0.521. The first kappa shape index (κ1) is 28.1. The number of ether oxygens (including phenoxy) is 3. The minimum Gasteiger partial charge on any atom is -0.488 e. The molecule has 2 atom stereocenters. The van der Waals surface area contributed by atoms with Crippen molar-refractivity contribution in [3.05, 3.63) is 76.3 Å². The smallest absolute Gasteiger partial charge is 0.312 e. The van der Waals surface area contributed by atoms with Crippen molar-refractivity contribution in [2.75, 3.05) is 25.1 Å². The molecule has 212 valence electrons. The second-order valence-electron chi connectivity index (χ2n) is 11.9. The molecule has 7 nitrogen and oxygen atoms in total. The number of pyridine rings is 1. The molecular formula is C33H41N3O4. The Kier molecular flexibility index (Phi) is 8.15. The summed E-state index contributed by atoms with van der Waals surface area (Å²) in [5.41, 5.74) is 7.63. The van der Waals surface area contributed by atoms with Gasteiger partial charge in [-0.05, 0) is 87.1 Å². The summed E-state index contributed by atoms with van der Waals surface area (Å²) in [5.74, 6) is 1.22. The molecule has 2 aliphatic rings. The third-order valence-electron chi connectivity index (χ3n) is 7.74. The van der Waals surface area contributed by atoms with Crippen LogP contribution in [0.2, 0.25) is 0 Å². The molecule has 1 aromatic heterocycles. The largest absolute Gasteiger partial charge is 0.488 e. The summed E-state index contributed by atoms with van der Waals surface area (Å²) in [6.07, 6.45) is 0.381. The van der Waals surface area contributed by atoms with Crippen LogP contribution < -0.4 is 15.0 Å². The Morgan fingerprint density at radius 1 is 1.07 bits per heavy atom. The number of nitrogens with zero attached hydrogens (tertiary/aromatic N) is 2. The number of hydrogen-bond donors (Lipinski definition) is 1. The molecule has 0 radical (unpaired) electrons. The number of methoxy groups -OCH3 is 1. The molecule has 3 heterocycles. The van der Waals surface area contributed by atoms with E-state index in [0.29, 0.717) is 26.1 Å². The number of carbonyl (C=O) groups excluding carboxylic acids is 1. The van der Waals surface area contributed by atoms with Gasteiger partial charge >= 0.3 is 5.97 Å². The third-order valence-corrected chi connectivity index (χ3v) is 7.74. The van der Waals surface area contributed by atoms with E-state index in [2.05, 4.69) is 48.3 Å². The van der Waals surface area contributed by atoms with Crippen molar-refractivity contribution in [3.63, 3.8) is 0 Å². The first-order valence-corrected chi connectivity index (χ1v) is 14.2. The predicted molar refractivity (Wildman–Crippen MR) is 157 cm³/mol. The fraction of sp³-hybridized carbons (Fsp3) is 0.455. The molecule has 0 amide bonds. The van der Waals surface area contributed by atoms with E-state index in [9.17, 15) is 4.79 Å².